The number of anilines is 1. The maximum absolute atomic E-state index is 12.2. The normalized spacial score (nSPS) is 15.1. The molecule has 1 amide bonds. The lowest BCUT2D eigenvalue weighted by Gasteiger charge is -2.32. The quantitative estimate of drug-likeness (QED) is 0.799. The smallest absolute Gasteiger partial charge is 0.255 e. The molecule has 2 aromatic rings. The van der Waals surface area contributed by atoms with E-state index in [0.717, 1.165) is 31.7 Å². The molecule has 0 saturated carbocycles. The average Bonchev–Trinajstić information content (AvgIpc) is 2.72. The molecule has 1 aliphatic heterocycles. The summed E-state index contributed by atoms with van der Waals surface area (Å²) in [7, 11) is 1.80. The lowest BCUT2D eigenvalue weighted by Crippen LogP contribution is -2.37. The van der Waals surface area contributed by atoms with Crippen LogP contribution in [0.2, 0.25) is 0 Å². The Morgan fingerprint density at radius 2 is 1.92 bits per heavy atom. The molecule has 0 aliphatic carbocycles. The Bertz CT molecular complexity index is 695. The third kappa shape index (κ3) is 4.61. The molecule has 3 rings (SSSR count). The van der Waals surface area contributed by atoms with Gasteiger partial charge in [0.2, 0.25) is 0 Å². The van der Waals surface area contributed by atoms with Gasteiger partial charge in [-0.1, -0.05) is 30.3 Å². The molecule has 138 valence electrons. The van der Waals surface area contributed by atoms with E-state index < -0.39 is 0 Å². The second-order valence-electron chi connectivity index (χ2n) is 6.71. The molecule has 0 bridgehead atoms. The first-order valence-corrected chi connectivity index (χ1v) is 9.29. The zero-order valence-corrected chi connectivity index (χ0v) is 15.6. The van der Waals surface area contributed by atoms with Crippen LogP contribution in [0.5, 0.6) is 0 Å². The van der Waals surface area contributed by atoms with E-state index >= 15 is 0 Å². The molecule has 0 N–H and O–H groups in total. The Morgan fingerprint density at radius 3 is 2.54 bits per heavy atom. The van der Waals surface area contributed by atoms with Gasteiger partial charge in [0, 0.05) is 32.9 Å². The summed E-state index contributed by atoms with van der Waals surface area (Å²) in [6.45, 7) is 5.18. The van der Waals surface area contributed by atoms with Crippen molar-refractivity contribution in [2.45, 2.75) is 32.5 Å². The SMILES string of the molecule is CCN(C)C(=O)c1ccc(N2CCC(OCc3ccccc3)CC2)nc1. The monoisotopic (exact) mass is 353 g/mol. The number of aromatic nitrogens is 1. The topological polar surface area (TPSA) is 45.7 Å². The summed E-state index contributed by atoms with van der Waals surface area (Å²) in [6.07, 6.45) is 3.97. The van der Waals surface area contributed by atoms with E-state index in [1.165, 1.54) is 5.56 Å². The fraction of sp³-hybridized carbons (Fsp3) is 0.429. The van der Waals surface area contributed by atoms with Crippen LogP contribution < -0.4 is 4.90 Å². The standard InChI is InChI=1S/C21H27N3O2/c1-3-23(2)21(25)18-9-10-20(22-15-18)24-13-11-19(12-14-24)26-16-17-7-5-4-6-8-17/h4-10,15,19H,3,11-14,16H2,1-2H3. The highest BCUT2D eigenvalue weighted by atomic mass is 16.5. The van der Waals surface area contributed by atoms with Crippen LogP contribution in [0.4, 0.5) is 5.82 Å². The van der Waals surface area contributed by atoms with Crippen LogP contribution in [0.3, 0.4) is 0 Å². The summed E-state index contributed by atoms with van der Waals surface area (Å²) in [4.78, 5) is 20.6. The second kappa shape index (κ2) is 8.81. The maximum Gasteiger partial charge on any atom is 0.255 e. The minimum Gasteiger partial charge on any atom is -0.373 e. The number of hydrogen-bond donors (Lipinski definition) is 0. The van der Waals surface area contributed by atoms with Gasteiger partial charge in [-0.25, -0.2) is 4.98 Å². The number of rotatable bonds is 6. The molecular formula is C21H27N3O2. The van der Waals surface area contributed by atoms with E-state index in [1.807, 2.05) is 37.3 Å². The first-order chi connectivity index (χ1) is 12.7. The molecule has 26 heavy (non-hydrogen) atoms. The molecule has 1 saturated heterocycles. The Labute approximate surface area is 155 Å². The number of hydrogen-bond acceptors (Lipinski definition) is 4. The van der Waals surface area contributed by atoms with Crippen LogP contribution >= 0.6 is 0 Å². The number of pyridine rings is 1. The highest BCUT2D eigenvalue weighted by molar-refractivity contribution is 5.93. The van der Waals surface area contributed by atoms with Gasteiger partial charge < -0.3 is 14.5 Å². The van der Waals surface area contributed by atoms with Gasteiger partial charge in [0.1, 0.15) is 5.82 Å². The van der Waals surface area contributed by atoms with E-state index in [9.17, 15) is 4.79 Å². The zero-order valence-electron chi connectivity index (χ0n) is 15.6. The molecule has 1 aliphatic rings. The van der Waals surface area contributed by atoms with Gasteiger partial charge >= 0.3 is 0 Å². The number of ether oxygens (including phenoxy) is 1. The van der Waals surface area contributed by atoms with Crippen molar-refractivity contribution in [2.75, 3.05) is 31.6 Å². The summed E-state index contributed by atoms with van der Waals surface area (Å²) >= 11 is 0. The molecule has 5 nitrogen and oxygen atoms in total. The van der Waals surface area contributed by atoms with E-state index in [1.54, 1.807) is 18.1 Å². The third-order valence-electron chi connectivity index (χ3n) is 4.91. The predicted octanol–water partition coefficient (Wildman–Crippen LogP) is 3.36. The van der Waals surface area contributed by atoms with E-state index in [-0.39, 0.29) is 5.91 Å². The highest BCUT2D eigenvalue weighted by Crippen LogP contribution is 2.21. The fourth-order valence-electron chi connectivity index (χ4n) is 3.10. The lowest BCUT2D eigenvalue weighted by molar-refractivity contribution is 0.0250. The average molecular weight is 353 g/mol. The first kappa shape index (κ1) is 18.4. The predicted molar refractivity (Wildman–Crippen MR) is 103 cm³/mol. The van der Waals surface area contributed by atoms with Crippen molar-refractivity contribution in [1.29, 1.82) is 0 Å². The van der Waals surface area contributed by atoms with Gasteiger partial charge in [-0.3, -0.25) is 4.79 Å². The molecule has 0 atom stereocenters. The fourth-order valence-corrected chi connectivity index (χ4v) is 3.10. The number of piperidine rings is 1. The number of amides is 1. The number of carbonyl (C=O) groups excluding carboxylic acids is 1. The van der Waals surface area contributed by atoms with Gasteiger partial charge in [0.25, 0.3) is 5.91 Å². The molecule has 2 heterocycles. The molecule has 1 aromatic heterocycles. The molecule has 1 fully saturated rings. The molecular weight excluding hydrogens is 326 g/mol. The van der Waals surface area contributed by atoms with E-state index in [0.29, 0.717) is 24.8 Å². The lowest BCUT2D eigenvalue weighted by atomic mass is 10.1. The van der Waals surface area contributed by atoms with Crippen molar-refractivity contribution in [1.82, 2.24) is 9.88 Å². The molecule has 0 unspecified atom stereocenters. The van der Waals surface area contributed by atoms with Crippen molar-refractivity contribution in [3.8, 4) is 0 Å². The molecule has 5 heteroatoms. The van der Waals surface area contributed by atoms with Crippen molar-refractivity contribution >= 4 is 11.7 Å². The zero-order chi connectivity index (χ0) is 18.4. The van der Waals surface area contributed by atoms with E-state index in [2.05, 4.69) is 22.0 Å². The van der Waals surface area contributed by atoms with Gasteiger partial charge in [0.05, 0.1) is 18.3 Å². The van der Waals surface area contributed by atoms with Gasteiger partial charge in [-0.2, -0.15) is 0 Å². The second-order valence-corrected chi connectivity index (χ2v) is 6.71. The van der Waals surface area contributed by atoms with Crippen LogP contribution in [0.25, 0.3) is 0 Å². The van der Waals surface area contributed by atoms with Gasteiger partial charge in [-0.05, 0) is 37.5 Å². The number of carbonyl (C=O) groups is 1. The Kier molecular flexibility index (Phi) is 6.23. The first-order valence-electron chi connectivity index (χ1n) is 9.29. The molecule has 0 radical (unpaired) electrons. The largest absolute Gasteiger partial charge is 0.373 e. The minimum absolute atomic E-state index is 0.0135. The third-order valence-corrected chi connectivity index (χ3v) is 4.91. The van der Waals surface area contributed by atoms with Crippen molar-refractivity contribution < 1.29 is 9.53 Å². The van der Waals surface area contributed by atoms with Crippen LogP contribution in [-0.4, -0.2) is 48.6 Å². The summed E-state index contributed by atoms with van der Waals surface area (Å²) in [6, 6.07) is 14.1. The molecule has 1 aromatic carbocycles. The Hall–Kier alpha value is -2.40. The summed E-state index contributed by atoms with van der Waals surface area (Å²) in [5.74, 6) is 0.946. The maximum atomic E-state index is 12.2. The number of benzene rings is 1. The van der Waals surface area contributed by atoms with Crippen LogP contribution in [0.1, 0.15) is 35.7 Å². The number of nitrogens with zero attached hydrogens (tertiary/aromatic N) is 3. The summed E-state index contributed by atoms with van der Waals surface area (Å²) in [5.41, 5.74) is 1.85. The Balaban J connectivity index is 1.49. The highest BCUT2D eigenvalue weighted by Gasteiger charge is 2.21. The Morgan fingerprint density at radius 1 is 1.19 bits per heavy atom. The summed E-state index contributed by atoms with van der Waals surface area (Å²) in [5, 5.41) is 0. The van der Waals surface area contributed by atoms with Crippen molar-refractivity contribution in [2.24, 2.45) is 0 Å². The van der Waals surface area contributed by atoms with Gasteiger partial charge in [0.15, 0.2) is 0 Å². The van der Waals surface area contributed by atoms with Crippen LogP contribution in [0, 0.1) is 0 Å². The van der Waals surface area contributed by atoms with Gasteiger partial charge in [-0.15, -0.1) is 0 Å². The van der Waals surface area contributed by atoms with Crippen molar-refractivity contribution in [3.05, 3.63) is 59.8 Å². The van der Waals surface area contributed by atoms with E-state index in [4.69, 9.17) is 4.74 Å². The minimum atomic E-state index is 0.0135. The van der Waals surface area contributed by atoms with Crippen molar-refractivity contribution in [3.63, 3.8) is 0 Å². The van der Waals surface area contributed by atoms with Crippen LogP contribution in [-0.2, 0) is 11.3 Å². The molecule has 0 spiro atoms. The summed E-state index contributed by atoms with van der Waals surface area (Å²) < 4.78 is 6.05. The van der Waals surface area contributed by atoms with Crippen LogP contribution in [0.15, 0.2) is 48.7 Å².